The van der Waals surface area contributed by atoms with Crippen molar-refractivity contribution in [2.24, 2.45) is 5.92 Å². The van der Waals surface area contributed by atoms with Gasteiger partial charge in [0.05, 0.1) is 5.69 Å². The van der Waals surface area contributed by atoms with Crippen LogP contribution < -0.4 is 5.32 Å². The van der Waals surface area contributed by atoms with Crippen molar-refractivity contribution in [2.45, 2.75) is 45.1 Å². The molecule has 1 aromatic heterocycles. The van der Waals surface area contributed by atoms with Crippen LogP contribution in [0.25, 0.3) is 0 Å². The second kappa shape index (κ2) is 4.96. The largest absolute Gasteiger partial charge is 0.476 e. The van der Waals surface area contributed by atoms with E-state index in [2.05, 4.69) is 21.8 Å². The lowest BCUT2D eigenvalue weighted by Crippen LogP contribution is -2.29. The van der Waals surface area contributed by atoms with E-state index in [-0.39, 0.29) is 0 Å². The van der Waals surface area contributed by atoms with E-state index >= 15 is 0 Å². The smallest absolute Gasteiger partial charge is 0.356 e. The summed E-state index contributed by atoms with van der Waals surface area (Å²) >= 11 is 0. The number of carboxylic acid groups (broad SMARTS) is 1. The van der Waals surface area contributed by atoms with E-state index in [1.807, 2.05) is 0 Å². The number of aromatic carboxylic acids is 1. The van der Waals surface area contributed by atoms with Gasteiger partial charge in [-0.15, -0.1) is 0 Å². The van der Waals surface area contributed by atoms with E-state index in [0.29, 0.717) is 17.5 Å². The van der Waals surface area contributed by atoms with E-state index < -0.39 is 5.97 Å². The minimum Gasteiger partial charge on any atom is -0.476 e. The number of nitrogens with zero attached hydrogens (tertiary/aromatic N) is 2. The molecule has 5 heteroatoms. The molecule has 5 nitrogen and oxygen atoms in total. The zero-order chi connectivity index (χ0) is 13.4. The average Bonchev–Trinajstić information content (AvgIpc) is 2.78. The van der Waals surface area contributed by atoms with E-state index in [9.17, 15) is 9.90 Å². The monoisotopic (exact) mass is 263 g/mol. The Morgan fingerprint density at radius 1 is 1.37 bits per heavy atom. The first kappa shape index (κ1) is 12.7. The van der Waals surface area contributed by atoms with Gasteiger partial charge in [-0.25, -0.2) is 9.78 Å². The van der Waals surface area contributed by atoms with Crippen LogP contribution >= 0.6 is 0 Å². The maximum atomic E-state index is 11.4. The third-order valence-electron chi connectivity index (χ3n) is 4.38. The van der Waals surface area contributed by atoms with Crippen molar-refractivity contribution in [2.75, 3.05) is 13.1 Å². The van der Waals surface area contributed by atoms with Crippen molar-refractivity contribution in [1.29, 1.82) is 0 Å². The fourth-order valence-electron chi connectivity index (χ4n) is 3.31. The SMILES string of the molecule is CC1CCc2c(C(=O)O)nc(C3CCNCC3)n2C1. The summed E-state index contributed by atoms with van der Waals surface area (Å²) in [6.45, 7) is 5.17. The molecule has 1 aromatic rings. The number of rotatable bonds is 2. The topological polar surface area (TPSA) is 67.2 Å². The van der Waals surface area contributed by atoms with Crippen LogP contribution in [0.2, 0.25) is 0 Å². The van der Waals surface area contributed by atoms with Crippen LogP contribution in [0.3, 0.4) is 0 Å². The maximum absolute atomic E-state index is 11.4. The second-order valence-corrected chi connectivity index (χ2v) is 5.85. The molecule has 0 spiro atoms. The van der Waals surface area contributed by atoms with Gasteiger partial charge in [0.15, 0.2) is 5.69 Å². The van der Waals surface area contributed by atoms with E-state index in [0.717, 1.165) is 56.8 Å². The molecule has 3 rings (SSSR count). The highest BCUT2D eigenvalue weighted by atomic mass is 16.4. The maximum Gasteiger partial charge on any atom is 0.356 e. The molecule has 0 aromatic carbocycles. The van der Waals surface area contributed by atoms with Crippen molar-refractivity contribution in [3.63, 3.8) is 0 Å². The molecule has 0 aliphatic carbocycles. The van der Waals surface area contributed by atoms with Crippen molar-refractivity contribution in [3.05, 3.63) is 17.2 Å². The number of aromatic nitrogens is 2. The van der Waals surface area contributed by atoms with Crippen LogP contribution in [-0.2, 0) is 13.0 Å². The van der Waals surface area contributed by atoms with Crippen LogP contribution in [0.15, 0.2) is 0 Å². The quantitative estimate of drug-likeness (QED) is 0.851. The fraction of sp³-hybridized carbons (Fsp3) is 0.714. The molecule has 0 amide bonds. The Morgan fingerprint density at radius 2 is 2.11 bits per heavy atom. The molecule has 1 fully saturated rings. The first-order chi connectivity index (χ1) is 9.16. The summed E-state index contributed by atoms with van der Waals surface area (Å²) in [5.41, 5.74) is 1.24. The third-order valence-corrected chi connectivity index (χ3v) is 4.38. The van der Waals surface area contributed by atoms with Crippen molar-refractivity contribution in [1.82, 2.24) is 14.9 Å². The van der Waals surface area contributed by atoms with Gasteiger partial charge in [-0.2, -0.15) is 0 Å². The van der Waals surface area contributed by atoms with Gasteiger partial charge in [-0.1, -0.05) is 6.92 Å². The average molecular weight is 263 g/mol. The lowest BCUT2D eigenvalue weighted by atomic mass is 9.95. The summed E-state index contributed by atoms with van der Waals surface area (Å²) in [5, 5.41) is 12.7. The summed E-state index contributed by atoms with van der Waals surface area (Å²) in [6, 6.07) is 0. The highest BCUT2D eigenvalue weighted by molar-refractivity contribution is 5.87. The van der Waals surface area contributed by atoms with Crippen LogP contribution in [0, 0.1) is 5.92 Å². The lowest BCUT2D eigenvalue weighted by Gasteiger charge is -2.27. The molecule has 1 saturated heterocycles. The molecule has 3 heterocycles. The van der Waals surface area contributed by atoms with Crippen LogP contribution in [0.4, 0.5) is 0 Å². The van der Waals surface area contributed by atoms with E-state index in [1.165, 1.54) is 0 Å². The zero-order valence-corrected chi connectivity index (χ0v) is 11.4. The highest BCUT2D eigenvalue weighted by Crippen LogP contribution is 2.31. The number of fused-ring (bicyclic) bond motifs is 1. The highest BCUT2D eigenvalue weighted by Gasteiger charge is 2.30. The molecule has 2 N–H and O–H groups in total. The summed E-state index contributed by atoms with van der Waals surface area (Å²) in [5.74, 6) is 1.17. The van der Waals surface area contributed by atoms with Gasteiger partial charge in [-0.3, -0.25) is 0 Å². The number of nitrogens with one attached hydrogen (secondary N) is 1. The van der Waals surface area contributed by atoms with Gasteiger partial charge in [-0.05, 0) is 44.7 Å². The van der Waals surface area contributed by atoms with Crippen molar-refractivity contribution >= 4 is 5.97 Å². The Hall–Kier alpha value is -1.36. The number of imidazole rings is 1. The van der Waals surface area contributed by atoms with Gasteiger partial charge in [0, 0.05) is 12.5 Å². The van der Waals surface area contributed by atoms with Gasteiger partial charge < -0.3 is 15.0 Å². The molecule has 1 unspecified atom stereocenters. The Kier molecular flexibility index (Phi) is 3.31. The summed E-state index contributed by atoms with van der Waals surface area (Å²) in [7, 11) is 0. The molecule has 104 valence electrons. The molecular weight excluding hydrogens is 242 g/mol. The fourth-order valence-corrected chi connectivity index (χ4v) is 3.31. The summed E-state index contributed by atoms with van der Waals surface area (Å²) < 4.78 is 2.20. The summed E-state index contributed by atoms with van der Waals surface area (Å²) in [6.07, 6.45) is 4.03. The number of carboxylic acids is 1. The van der Waals surface area contributed by atoms with Gasteiger partial charge in [0.25, 0.3) is 0 Å². The normalized spacial score (nSPS) is 24.2. The van der Waals surface area contributed by atoms with E-state index in [1.54, 1.807) is 0 Å². The predicted molar refractivity (Wildman–Crippen MR) is 71.5 cm³/mol. The Labute approximate surface area is 113 Å². The molecular formula is C14H21N3O2. The first-order valence-electron chi connectivity index (χ1n) is 7.20. The minimum atomic E-state index is -0.876. The molecule has 0 bridgehead atoms. The van der Waals surface area contributed by atoms with Gasteiger partial charge in [0.2, 0.25) is 0 Å². The second-order valence-electron chi connectivity index (χ2n) is 5.85. The minimum absolute atomic E-state index is 0.292. The number of hydrogen-bond acceptors (Lipinski definition) is 3. The molecule has 2 aliphatic heterocycles. The van der Waals surface area contributed by atoms with Crippen molar-refractivity contribution < 1.29 is 9.90 Å². The third kappa shape index (κ3) is 2.27. The number of piperidine rings is 1. The van der Waals surface area contributed by atoms with Crippen LogP contribution in [0.1, 0.15) is 54.1 Å². The molecule has 0 radical (unpaired) electrons. The molecule has 2 aliphatic rings. The molecule has 1 atom stereocenters. The van der Waals surface area contributed by atoms with Crippen molar-refractivity contribution in [3.8, 4) is 0 Å². The summed E-state index contributed by atoms with van der Waals surface area (Å²) in [4.78, 5) is 15.8. The van der Waals surface area contributed by atoms with Gasteiger partial charge in [0.1, 0.15) is 5.82 Å². The predicted octanol–water partition coefficient (Wildman–Crippen LogP) is 1.63. The zero-order valence-electron chi connectivity index (χ0n) is 11.4. The molecule has 0 saturated carbocycles. The van der Waals surface area contributed by atoms with E-state index in [4.69, 9.17) is 0 Å². The van der Waals surface area contributed by atoms with Crippen LogP contribution in [-0.4, -0.2) is 33.7 Å². The standard InChI is InChI=1S/C14H21N3O2/c1-9-2-3-11-12(14(18)19)16-13(17(11)8-9)10-4-6-15-7-5-10/h9-10,15H,2-8H2,1H3,(H,18,19). The number of hydrogen-bond donors (Lipinski definition) is 2. The van der Waals surface area contributed by atoms with Crippen LogP contribution in [0.5, 0.6) is 0 Å². The number of carbonyl (C=O) groups is 1. The Bertz CT molecular complexity index is 489. The van der Waals surface area contributed by atoms with Gasteiger partial charge >= 0.3 is 5.97 Å². The first-order valence-corrected chi connectivity index (χ1v) is 7.20. The Morgan fingerprint density at radius 3 is 2.79 bits per heavy atom. The lowest BCUT2D eigenvalue weighted by molar-refractivity contribution is 0.0689. The molecule has 19 heavy (non-hydrogen) atoms. The Balaban J connectivity index is 2.01.